The Kier molecular flexibility index (Phi) is 8.93. The Labute approximate surface area is 286 Å². The molecule has 0 fully saturated rings. The summed E-state index contributed by atoms with van der Waals surface area (Å²) in [6.07, 6.45) is 0. The SMILES string of the molecule is O=C(NCc1ccc(O)cc1O)c1ccc2ccc(C(=O)Oc3c(C(=O)O)ccc4ccc(C(=O)NCc5ccc(O)c(O)c5)nc34)c(O)c2n1. The normalized spacial score (nSPS) is 10.9. The van der Waals surface area contributed by atoms with E-state index in [0.29, 0.717) is 21.9 Å². The number of nitrogens with one attached hydrogen (secondary N) is 2. The maximum absolute atomic E-state index is 13.5. The van der Waals surface area contributed by atoms with E-state index in [4.69, 9.17) is 4.74 Å². The number of fused-ring (bicyclic) bond motifs is 2. The van der Waals surface area contributed by atoms with Gasteiger partial charge in [0.25, 0.3) is 11.8 Å². The molecule has 15 heteroatoms. The summed E-state index contributed by atoms with van der Waals surface area (Å²) in [5.41, 5.74) is -0.667. The standard InChI is InChI=1S/C36H26N4O11/c41-21-7-2-20(27(43)14-21)16-38-34(47)24-10-5-18-3-8-22(31(45)29(18)39-24)36(50)51-32-23(35(48)49)9-4-19-6-11-25(40-30(19)32)33(46)37-15-17-1-12-26(42)28(44)13-17/h1-14,41-45H,15-16H2,(H,37,46)(H,38,47)(H,48,49). The van der Waals surface area contributed by atoms with Crippen LogP contribution in [0, 0.1) is 0 Å². The fourth-order valence-corrected chi connectivity index (χ4v) is 5.09. The number of phenolic OH excluding ortho intramolecular Hbond substituents is 5. The van der Waals surface area contributed by atoms with Crippen LogP contribution in [-0.2, 0) is 13.1 Å². The summed E-state index contributed by atoms with van der Waals surface area (Å²) in [5, 5.41) is 65.5. The van der Waals surface area contributed by atoms with Gasteiger partial charge in [0.2, 0.25) is 0 Å². The molecule has 0 unspecified atom stereocenters. The number of hydrogen-bond acceptors (Lipinski definition) is 12. The van der Waals surface area contributed by atoms with Gasteiger partial charge in [0.15, 0.2) is 23.0 Å². The van der Waals surface area contributed by atoms with Gasteiger partial charge in [-0.3, -0.25) is 9.59 Å². The van der Waals surface area contributed by atoms with E-state index in [1.54, 1.807) is 0 Å². The summed E-state index contributed by atoms with van der Waals surface area (Å²) in [7, 11) is 0. The zero-order chi connectivity index (χ0) is 36.4. The van der Waals surface area contributed by atoms with Crippen molar-refractivity contribution in [1.29, 1.82) is 0 Å². The largest absolute Gasteiger partial charge is 0.508 e. The van der Waals surface area contributed by atoms with Crippen molar-refractivity contribution in [2.24, 2.45) is 0 Å². The van der Waals surface area contributed by atoms with Crippen LogP contribution in [0.4, 0.5) is 0 Å². The summed E-state index contributed by atoms with van der Waals surface area (Å²) in [6, 6.07) is 18.9. The van der Waals surface area contributed by atoms with Crippen LogP contribution in [0.3, 0.4) is 0 Å². The van der Waals surface area contributed by atoms with Crippen molar-refractivity contribution in [1.82, 2.24) is 20.6 Å². The van der Waals surface area contributed by atoms with E-state index in [1.807, 2.05) is 0 Å². The van der Waals surface area contributed by atoms with Gasteiger partial charge in [-0.05, 0) is 54.1 Å². The van der Waals surface area contributed by atoms with Crippen molar-refractivity contribution in [3.8, 4) is 34.5 Å². The minimum Gasteiger partial charge on any atom is -0.508 e. The quantitative estimate of drug-likeness (QED) is 0.0606. The molecule has 6 aromatic rings. The smallest absolute Gasteiger partial charge is 0.347 e. The first-order valence-electron chi connectivity index (χ1n) is 15.0. The number of nitrogens with zero attached hydrogens (tertiary/aromatic N) is 2. The third-order valence-corrected chi connectivity index (χ3v) is 7.76. The highest BCUT2D eigenvalue weighted by Gasteiger charge is 2.24. The molecule has 0 aliphatic rings. The summed E-state index contributed by atoms with van der Waals surface area (Å²) >= 11 is 0. The van der Waals surface area contributed by atoms with E-state index >= 15 is 0 Å². The Bertz CT molecular complexity index is 2410. The molecule has 0 saturated carbocycles. The number of aromatic nitrogens is 2. The Morgan fingerprint density at radius 3 is 1.86 bits per heavy atom. The van der Waals surface area contributed by atoms with Gasteiger partial charge in [0.05, 0.1) is 0 Å². The topological polar surface area (TPSA) is 249 Å². The number of aromatic carboxylic acids is 1. The van der Waals surface area contributed by atoms with Crippen LogP contribution < -0.4 is 15.4 Å². The predicted molar refractivity (Wildman–Crippen MR) is 179 cm³/mol. The van der Waals surface area contributed by atoms with Gasteiger partial charge in [0.1, 0.15) is 45.0 Å². The molecule has 0 aliphatic carbocycles. The number of carboxylic acids is 1. The lowest BCUT2D eigenvalue weighted by molar-refractivity contribution is 0.0681. The minimum absolute atomic E-state index is 0.0515. The second-order valence-corrected chi connectivity index (χ2v) is 11.1. The van der Waals surface area contributed by atoms with Crippen LogP contribution in [0.1, 0.15) is 52.8 Å². The molecule has 0 aliphatic heterocycles. The predicted octanol–water partition coefficient (Wildman–Crippen LogP) is 4.09. The molecule has 4 aromatic carbocycles. The van der Waals surface area contributed by atoms with Crippen LogP contribution in [0.2, 0.25) is 0 Å². The summed E-state index contributed by atoms with van der Waals surface area (Å²) in [6.45, 7) is -0.162. The lowest BCUT2D eigenvalue weighted by atomic mass is 10.1. The molecule has 0 atom stereocenters. The van der Waals surface area contributed by atoms with Gasteiger partial charge in [-0.15, -0.1) is 0 Å². The van der Waals surface area contributed by atoms with Gasteiger partial charge in [-0.25, -0.2) is 19.6 Å². The van der Waals surface area contributed by atoms with Crippen molar-refractivity contribution < 1.29 is 54.6 Å². The molecule has 51 heavy (non-hydrogen) atoms. The molecule has 2 aromatic heterocycles. The number of benzene rings is 4. The second kappa shape index (κ2) is 13.6. The van der Waals surface area contributed by atoms with Crippen molar-refractivity contribution >= 4 is 45.6 Å². The Balaban J connectivity index is 1.27. The van der Waals surface area contributed by atoms with E-state index in [9.17, 15) is 49.8 Å². The first-order chi connectivity index (χ1) is 24.4. The van der Waals surface area contributed by atoms with Crippen LogP contribution in [-0.4, -0.2) is 64.4 Å². The number of carbonyl (C=O) groups is 4. The Morgan fingerprint density at radius 1 is 0.608 bits per heavy atom. The van der Waals surface area contributed by atoms with Gasteiger partial charge in [-0.1, -0.05) is 30.3 Å². The van der Waals surface area contributed by atoms with Crippen LogP contribution in [0.15, 0.2) is 84.9 Å². The number of aromatic hydroxyl groups is 5. The first-order valence-corrected chi connectivity index (χ1v) is 15.0. The van der Waals surface area contributed by atoms with Crippen LogP contribution >= 0.6 is 0 Å². The summed E-state index contributed by atoms with van der Waals surface area (Å²) in [4.78, 5) is 60.0. The maximum Gasteiger partial charge on any atom is 0.347 e. The number of hydrogen-bond donors (Lipinski definition) is 8. The highest BCUT2D eigenvalue weighted by Crippen LogP contribution is 2.33. The lowest BCUT2D eigenvalue weighted by Gasteiger charge is -2.13. The van der Waals surface area contributed by atoms with E-state index in [2.05, 4.69) is 20.6 Å². The molecule has 8 N–H and O–H groups in total. The number of rotatable bonds is 9. The molecule has 0 spiro atoms. The van der Waals surface area contributed by atoms with E-state index in [0.717, 1.165) is 6.07 Å². The summed E-state index contributed by atoms with van der Waals surface area (Å²) < 4.78 is 5.54. The highest BCUT2D eigenvalue weighted by atomic mass is 16.5. The zero-order valence-corrected chi connectivity index (χ0v) is 26.1. The molecular weight excluding hydrogens is 664 g/mol. The fourth-order valence-electron chi connectivity index (χ4n) is 5.09. The average molecular weight is 691 g/mol. The van der Waals surface area contributed by atoms with E-state index < -0.39 is 46.4 Å². The zero-order valence-electron chi connectivity index (χ0n) is 26.1. The molecule has 2 amide bonds. The number of esters is 1. The number of phenols is 5. The van der Waals surface area contributed by atoms with Crippen molar-refractivity contribution in [2.45, 2.75) is 13.1 Å². The van der Waals surface area contributed by atoms with Gasteiger partial charge >= 0.3 is 11.9 Å². The molecule has 0 radical (unpaired) electrons. The van der Waals surface area contributed by atoms with Crippen LogP contribution in [0.5, 0.6) is 34.5 Å². The molecule has 0 saturated heterocycles. The third kappa shape index (κ3) is 6.93. The Morgan fingerprint density at radius 2 is 1.22 bits per heavy atom. The minimum atomic E-state index is -1.47. The summed E-state index contributed by atoms with van der Waals surface area (Å²) in [5.74, 6) is -6.26. The molecule has 256 valence electrons. The maximum atomic E-state index is 13.5. The number of carboxylic acid groups (broad SMARTS) is 1. The Hall–Kier alpha value is -7.42. The monoisotopic (exact) mass is 690 g/mol. The van der Waals surface area contributed by atoms with Crippen molar-refractivity contribution in [2.75, 3.05) is 0 Å². The van der Waals surface area contributed by atoms with Crippen LogP contribution in [0.25, 0.3) is 21.8 Å². The molecule has 6 rings (SSSR count). The number of carbonyl (C=O) groups excluding carboxylic acids is 3. The second-order valence-electron chi connectivity index (χ2n) is 11.1. The van der Waals surface area contributed by atoms with Gasteiger partial charge in [0, 0.05) is 35.5 Å². The molecule has 0 bridgehead atoms. The number of pyridine rings is 2. The lowest BCUT2D eigenvalue weighted by Crippen LogP contribution is -2.24. The average Bonchev–Trinajstić information content (AvgIpc) is 3.11. The fraction of sp³-hybridized carbons (Fsp3) is 0.0556. The molecule has 2 heterocycles. The van der Waals surface area contributed by atoms with Crippen molar-refractivity contribution in [3.05, 3.63) is 119 Å². The highest BCUT2D eigenvalue weighted by molar-refractivity contribution is 6.06. The van der Waals surface area contributed by atoms with Gasteiger partial charge < -0.3 is 46.0 Å². The first kappa shape index (κ1) is 33.5. The molecular formula is C36H26N4O11. The van der Waals surface area contributed by atoms with Gasteiger partial charge in [-0.2, -0.15) is 0 Å². The number of ether oxygens (including phenoxy) is 1. The van der Waals surface area contributed by atoms with E-state index in [-0.39, 0.29) is 58.5 Å². The number of amides is 2. The third-order valence-electron chi connectivity index (χ3n) is 7.76. The van der Waals surface area contributed by atoms with Crippen molar-refractivity contribution in [3.63, 3.8) is 0 Å². The van der Waals surface area contributed by atoms with E-state index in [1.165, 1.54) is 78.9 Å². The molecule has 15 nitrogen and oxygen atoms in total.